The van der Waals surface area contributed by atoms with Crippen LogP contribution in [0.4, 0.5) is 11.4 Å². The normalized spacial score (nSPS) is 12.6. The molecule has 0 aliphatic carbocycles. The Morgan fingerprint density at radius 2 is 2.15 bits per heavy atom. The lowest BCUT2D eigenvalue weighted by molar-refractivity contribution is -0.382. The van der Waals surface area contributed by atoms with Crippen LogP contribution in [-0.2, 0) is 4.79 Å². The number of nitro benzene ring substituents is 1. The highest BCUT2D eigenvalue weighted by Gasteiger charge is 2.27. The van der Waals surface area contributed by atoms with Gasteiger partial charge in [0.2, 0.25) is 0 Å². The fourth-order valence-electron chi connectivity index (χ4n) is 1.82. The number of fused-ring (bicyclic) bond motifs is 1. The van der Waals surface area contributed by atoms with Crippen LogP contribution in [0.3, 0.4) is 0 Å². The molecule has 1 aromatic heterocycles. The standard InChI is InChI=1S/C11H12N4O4S/c1-5(2)8(11(16)17)12-7-4-3-6-9(14-20-13-6)10(7)15(18)19/h3-5,8,12H,1-2H3,(H,16,17)/t8-/m1/s1. The van der Waals surface area contributed by atoms with Crippen LogP contribution in [0.25, 0.3) is 11.0 Å². The molecule has 0 aliphatic heterocycles. The summed E-state index contributed by atoms with van der Waals surface area (Å²) in [6.07, 6.45) is 0. The number of hydrogen-bond acceptors (Lipinski definition) is 7. The van der Waals surface area contributed by atoms with Crippen LogP contribution >= 0.6 is 11.7 Å². The van der Waals surface area contributed by atoms with E-state index < -0.39 is 16.9 Å². The van der Waals surface area contributed by atoms with Gasteiger partial charge in [0.1, 0.15) is 17.2 Å². The molecule has 1 atom stereocenters. The smallest absolute Gasteiger partial charge is 0.326 e. The number of aromatic nitrogens is 2. The van der Waals surface area contributed by atoms with Gasteiger partial charge < -0.3 is 10.4 Å². The van der Waals surface area contributed by atoms with Crippen molar-refractivity contribution in [1.29, 1.82) is 0 Å². The van der Waals surface area contributed by atoms with Gasteiger partial charge in [-0.05, 0) is 18.1 Å². The van der Waals surface area contributed by atoms with Gasteiger partial charge >= 0.3 is 11.7 Å². The molecule has 2 aromatic rings. The number of benzene rings is 1. The summed E-state index contributed by atoms with van der Waals surface area (Å²) in [7, 11) is 0. The second-order valence-corrected chi connectivity index (χ2v) is 5.08. The minimum atomic E-state index is -1.06. The highest BCUT2D eigenvalue weighted by Crippen LogP contribution is 2.33. The van der Waals surface area contributed by atoms with E-state index in [4.69, 9.17) is 5.11 Å². The number of carboxylic acids is 1. The number of anilines is 1. The maximum absolute atomic E-state index is 11.2. The summed E-state index contributed by atoms with van der Waals surface area (Å²) in [6.45, 7) is 3.45. The van der Waals surface area contributed by atoms with E-state index >= 15 is 0 Å². The van der Waals surface area contributed by atoms with E-state index in [9.17, 15) is 14.9 Å². The first kappa shape index (κ1) is 14.1. The van der Waals surface area contributed by atoms with E-state index in [0.29, 0.717) is 5.52 Å². The van der Waals surface area contributed by atoms with Crippen molar-refractivity contribution in [3.8, 4) is 0 Å². The van der Waals surface area contributed by atoms with Crippen molar-refractivity contribution in [3.05, 3.63) is 22.2 Å². The topological polar surface area (TPSA) is 118 Å². The number of hydrogen-bond donors (Lipinski definition) is 2. The van der Waals surface area contributed by atoms with Gasteiger partial charge in [-0.25, -0.2) is 4.79 Å². The monoisotopic (exact) mass is 296 g/mol. The van der Waals surface area contributed by atoms with Gasteiger partial charge in [-0.2, -0.15) is 8.75 Å². The van der Waals surface area contributed by atoms with Crippen molar-refractivity contribution in [2.24, 2.45) is 5.92 Å². The molecule has 2 rings (SSSR count). The van der Waals surface area contributed by atoms with Crippen molar-refractivity contribution in [2.45, 2.75) is 19.9 Å². The Kier molecular flexibility index (Phi) is 3.79. The molecule has 0 bridgehead atoms. The van der Waals surface area contributed by atoms with E-state index in [-0.39, 0.29) is 22.8 Å². The van der Waals surface area contributed by atoms with Gasteiger partial charge in [-0.15, -0.1) is 0 Å². The molecule has 8 nitrogen and oxygen atoms in total. The number of nitrogens with one attached hydrogen (secondary N) is 1. The molecule has 0 saturated carbocycles. The third-order valence-corrected chi connectivity index (χ3v) is 3.37. The summed E-state index contributed by atoms with van der Waals surface area (Å²) in [5.41, 5.74) is 0.473. The molecule has 2 N–H and O–H groups in total. The first-order chi connectivity index (χ1) is 9.41. The molecule has 1 heterocycles. The summed E-state index contributed by atoms with van der Waals surface area (Å²) < 4.78 is 7.83. The first-order valence-corrected chi connectivity index (χ1v) is 6.54. The minimum absolute atomic E-state index is 0.135. The number of nitrogens with zero attached hydrogens (tertiary/aromatic N) is 3. The maximum Gasteiger partial charge on any atom is 0.326 e. The Balaban J connectivity index is 2.50. The van der Waals surface area contributed by atoms with Crippen LogP contribution in [0.15, 0.2) is 12.1 Å². The van der Waals surface area contributed by atoms with Crippen molar-refractivity contribution < 1.29 is 14.8 Å². The second kappa shape index (κ2) is 5.37. The third-order valence-electron chi connectivity index (χ3n) is 2.83. The van der Waals surface area contributed by atoms with Gasteiger partial charge in [0, 0.05) is 0 Å². The van der Waals surface area contributed by atoms with Crippen LogP contribution in [0.5, 0.6) is 0 Å². The molecule has 106 valence electrons. The first-order valence-electron chi connectivity index (χ1n) is 5.80. The lowest BCUT2D eigenvalue weighted by Gasteiger charge is -2.18. The number of aliphatic carboxylic acids is 1. The van der Waals surface area contributed by atoms with Gasteiger partial charge in [-0.1, -0.05) is 13.8 Å². The van der Waals surface area contributed by atoms with Crippen LogP contribution in [0.2, 0.25) is 0 Å². The molecule has 20 heavy (non-hydrogen) atoms. The van der Waals surface area contributed by atoms with Crippen molar-refractivity contribution in [3.63, 3.8) is 0 Å². The third kappa shape index (κ3) is 2.52. The molecular weight excluding hydrogens is 284 g/mol. The highest BCUT2D eigenvalue weighted by molar-refractivity contribution is 7.00. The van der Waals surface area contributed by atoms with Gasteiger partial charge in [-0.3, -0.25) is 10.1 Å². The molecule has 0 fully saturated rings. The molecular formula is C11H12N4O4S. The van der Waals surface area contributed by atoms with E-state index in [2.05, 4.69) is 14.1 Å². The van der Waals surface area contributed by atoms with Gasteiger partial charge in [0.25, 0.3) is 0 Å². The van der Waals surface area contributed by atoms with Crippen molar-refractivity contribution in [1.82, 2.24) is 8.75 Å². The average Bonchev–Trinajstić information content (AvgIpc) is 2.81. The molecule has 9 heteroatoms. The Morgan fingerprint density at radius 1 is 1.45 bits per heavy atom. The molecule has 0 spiro atoms. The fourth-order valence-corrected chi connectivity index (χ4v) is 2.36. The Morgan fingerprint density at radius 3 is 2.70 bits per heavy atom. The zero-order chi connectivity index (χ0) is 14.9. The number of carboxylic acid groups (broad SMARTS) is 1. The average molecular weight is 296 g/mol. The second-order valence-electron chi connectivity index (χ2n) is 4.56. The SMILES string of the molecule is CC(C)[C@@H](Nc1ccc2nsnc2c1[N+](=O)[O-])C(=O)O. The lowest BCUT2D eigenvalue weighted by atomic mass is 10.0. The van der Waals surface area contributed by atoms with E-state index in [1.165, 1.54) is 6.07 Å². The Hall–Kier alpha value is -2.29. The number of nitro groups is 1. The summed E-state index contributed by atoms with van der Waals surface area (Å²) in [5, 5.41) is 23.1. The molecule has 0 saturated heterocycles. The molecule has 0 amide bonds. The quantitative estimate of drug-likeness (QED) is 0.640. The zero-order valence-corrected chi connectivity index (χ0v) is 11.5. The maximum atomic E-state index is 11.2. The Labute approximate surface area is 117 Å². The summed E-state index contributed by atoms with van der Waals surface area (Å²) >= 11 is 0.876. The van der Waals surface area contributed by atoms with Crippen LogP contribution in [0, 0.1) is 16.0 Å². The van der Waals surface area contributed by atoms with Crippen LogP contribution in [-0.4, -0.2) is 30.8 Å². The van der Waals surface area contributed by atoms with E-state index in [1.807, 2.05) is 0 Å². The van der Waals surface area contributed by atoms with Crippen molar-refractivity contribution in [2.75, 3.05) is 5.32 Å². The Bertz CT molecular complexity index is 669. The minimum Gasteiger partial charge on any atom is -0.480 e. The fraction of sp³-hybridized carbons (Fsp3) is 0.364. The number of carbonyl (C=O) groups is 1. The van der Waals surface area contributed by atoms with Crippen molar-refractivity contribution >= 4 is 40.1 Å². The molecule has 0 aliphatic rings. The highest BCUT2D eigenvalue weighted by atomic mass is 32.1. The number of rotatable bonds is 5. The predicted molar refractivity (Wildman–Crippen MR) is 74.0 cm³/mol. The largest absolute Gasteiger partial charge is 0.480 e. The lowest BCUT2D eigenvalue weighted by Crippen LogP contribution is -2.34. The van der Waals surface area contributed by atoms with Gasteiger partial charge in [0.05, 0.1) is 16.7 Å². The van der Waals surface area contributed by atoms with Crippen LogP contribution < -0.4 is 5.32 Å². The molecule has 0 radical (unpaired) electrons. The van der Waals surface area contributed by atoms with Gasteiger partial charge in [0.15, 0.2) is 5.52 Å². The molecule has 0 unspecified atom stereocenters. The van der Waals surface area contributed by atoms with Crippen LogP contribution in [0.1, 0.15) is 13.8 Å². The summed E-state index contributed by atoms with van der Waals surface area (Å²) in [4.78, 5) is 21.8. The summed E-state index contributed by atoms with van der Waals surface area (Å²) in [6, 6.07) is 2.12. The zero-order valence-electron chi connectivity index (χ0n) is 10.7. The predicted octanol–water partition coefficient (Wildman–Crippen LogP) is 2.12. The summed E-state index contributed by atoms with van der Waals surface area (Å²) in [5.74, 6) is -1.29. The van der Waals surface area contributed by atoms with E-state index in [1.54, 1.807) is 19.9 Å². The molecule has 1 aromatic carbocycles. The van der Waals surface area contributed by atoms with E-state index in [0.717, 1.165) is 11.7 Å².